The van der Waals surface area contributed by atoms with Crippen molar-refractivity contribution in [2.45, 2.75) is 58.7 Å². The van der Waals surface area contributed by atoms with E-state index in [1.165, 1.54) is 0 Å². The van der Waals surface area contributed by atoms with E-state index < -0.39 is 0 Å². The molecule has 104 valence electrons. The highest BCUT2D eigenvalue weighted by Crippen LogP contribution is 2.34. The number of likely N-dealkylation sites (N-methyl/N-ethyl adjacent to an activating group) is 1. The highest BCUT2D eigenvalue weighted by atomic mass is 16.5. The maximum Gasteiger partial charge on any atom is 0.128 e. The Hall–Kier alpha value is -0.870. The Morgan fingerprint density at radius 1 is 1.33 bits per heavy atom. The van der Waals surface area contributed by atoms with Crippen molar-refractivity contribution in [3.8, 4) is 0 Å². The van der Waals surface area contributed by atoms with Crippen molar-refractivity contribution in [1.82, 2.24) is 14.9 Å². The van der Waals surface area contributed by atoms with Crippen molar-refractivity contribution >= 4 is 0 Å². The highest BCUT2D eigenvalue weighted by Gasteiger charge is 2.38. The van der Waals surface area contributed by atoms with Crippen LogP contribution in [0.2, 0.25) is 0 Å². The molecule has 0 radical (unpaired) electrons. The SMILES string of the molecule is CCNC(c1nccn1CC)C(CC)(CC)OC. The zero-order valence-corrected chi connectivity index (χ0v) is 12.4. The molecule has 0 aromatic carbocycles. The minimum absolute atomic E-state index is 0.137. The summed E-state index contributed by atoms with van der Waals surface area (Å²) in [4.78, 5) is 4.54. The highest BCUT2D eigenvalue weighted by molar-refractivity contribution is 5.08. The number of hydrogen-bond acceptors (Lipinski definition) is 3. The predicted molar refractivity (Wildman–Crippen MR) is 74.6 cm³/mol. The summed E-state index contributed by atoms with van der Waals surface area (Å²) < 4.78 is 8.05. The van der Waals surface area contributed by atoms with Gasteiger partial charge in [-0.15, -0.1) is 0 Å². The molecular formula is C14H27N3O. The fraction of sp³-hybridized carbons (Fsp3) is 0.786. The first-order chi connectivity index (χ1) is 8.68. The maximum atomic E-state index is 5.86. The third-order valence-electron chi connectivity index (χ3n) is 3.88. The number of hydrogen-bond donors (Lipinski definition) is 1. The van der Waals surface area contributed by atoms with Crippen LogP contribution in [0.3, 0.4) is 0 Å². The molecule has 1 aromatic rings. The molecule has 0 amide bonds. The van der Waals surface area contributed by atoms with Crippen molar-refractivity contribution in [3.05, 3.63) is 18.2 Å². The molecule has 0 saturated heterocycles. The summed E-state index contributed by atoms with van der Waals surface area (Å²) in [6.07, 6.45) is 5.84. The zero-order valence-electron chi connectivity index (χ0n) is 12.4. The standard InChI is InChI=1S/C14H27N3O/c1-6-14(7-2,18-5)12(15-8-3)13-16-10-11-17(13)9-4/h10-12,15H,6-9H2,1-5H3. The molecule has 1 rings (SSSR count). The van der Waals surface area contributed by atoms with Gasteiger partial charge in [-0.1, -0.05) is 20.8 Å². The number of imidazole rings is 1. The van der Waals surface area contributed by atoms with Crippen LogP contribution >= 0.6 is 0 Å². The van der Waals surface area contributed by atoms with E-state index in [2.05, 4.69) is 42.6 Å². The Bertz CT molecular complexity index is 336. The van der Waals surface area contributed by atoms with Gasteiger partial charge in [0.15, 0.2) is 0 Å². The van der Waals surface area contributed by atoms with Crippen molar-refractivity contribution in [3.63, 3.8) is 0 Å². The van der Waals surface area contributed by atoms with Crippen LogP contribution in [-0.4, -0.2) is 28.8 Å². The van der Waals surface area contributed by atoms with E-state index in [0.29, 0.717) is 0 Å². The minimum atomic E-state index is -0.186. The van der Waals surface area contributed by atoms with Crippen molar-refractivity contribution in [1.29, 1.82) is 0 Å². The van der Waals surface area contributed by atoms with Gasteiger partial charge in [-0.3, -0.25) is 0 Å². The second kappa shape index (κ2) is 6.90. The smallest absolute Gasteiger partial charge is 0.128 e. The summed E-state index contributed by atoms with van der Waals surface area (Å²) in [6.45, 7) is 10.5. The van der Waals surface area contributed by atoms with E-state index in [0.717, 1.165) is 31.8 Å². The number of nitrogens with zero attached hydrogens (tertiary/aromatic N) is 2. The quantitative estimate of drug-likeness (QED) is 0.774. The summed E-state index contributed by atoms with van der Waals surface area (Å²) in [5, 5.41) is 3.55. The molecule has 4 nitrogen and oxygen atoms in total. The lowest BCUT2D eigenvalue weighted by Crippen LogP contribution is -2.46. The van der Waals surface area contributed by atoms with Gasteiger partial charge >= 0.3 is 0 Å². The maximum absolute atomic E-state index is 5.86. The average Bonchev–Trinajstić information content (AvgIpc) is 2.88. The predicted octanol–water partition coefficient (Wildman–Crippen LogP) is 2.76. The van der Waals surface area contributed by atoms with Gasteiger partial charge in [0.05, 0.1) is 11.6 Å². The Morgan fingerprint density at radius 3 is 2.44 bits per heavy atom. The third kappa shape index (κ3) is 2.75. The van der Waals surface area contributed by atoms with E-state index >= 15 is 0 Å². The van der Waals surface area contributed by atoms with Crippen LogP contribution in [0, 0.1) is 0 Å². The van der Waals surface area contributed by atoms with Crippen molar-refractivity contribution < 1.29 is 4.74 Å². The molecule has 1 aromatic heterocycles. The summed E-state index contributed by atoms with van der Waals surface area (Å²) in [5.41, 5.74) is -0.186. The van der Waals surface area contributed by atoms with Crippen LogP contribution in [0.1, 0.15) is 52.4 Å². The fourth-order valence-electron chi connectivity index (χ4n) is 2.63. The van der Waals surface area contributed by atoms with E-state index in [4.69, 9.17) is 4.74 Å². The van der Waals surface area contributed by atoms with E-state index in [1.54, 1.807) is 7.11 Å². The molecule has 4 heteroatoms. The first-order valence-electron chi connectivity index (χ1n) is 6.98. The zero-order chi connectivity index (χ0) is 13.6. The lowest BCUT2D eigenvalue weighted by Gasteiger charge is -2.38. The summed E-state index contributed by atoms with van der Waals surface area (Å²) in [7, 11) is 1.80. The molecule has 0 saturated carbocycles. The van der Waals surface area contributed by atoms with Crippen LogP contribution in [0.25, 0.3) is 0 Å². The van der Waals surface area contributed by atoms with Crippen LogP contribution in [0.15, 0.2) is 12.4 Å². The first-order valence-corrected chi connectivity index (χ1v) is 6.98. The molecule has 1 unspecified atom stereocenters. The second-order valence-electron chi connectivity index (χ2n) is 4.54. The van der Waals surface area contributed by atoms with Gasteiger partial charge in [0.2, 0.25) is 0 Å². The topological polar surface area (TPSA) is 39.1 Å². The monoisotopic (exact) mass is 253 g/mol. The fourth-order valence-corrected chi connectivity index (χ4v) is 2.63. The van der Waals surface area contributed by atoms with Gasteiger partial charge in [-0.25, -0.2) is 4.98 Å². The van der Waals surface area contributed by atoms with Crippen LogP contribution in [0.5, 0.6) is 0 Å². The molecule has 0 spiro atoms. The molecule has 1 N–H and O–H groups in total. The van der Waals surface area contributed by atoms with E-state index in [1.807, 2.05) is 12.4 Å². The van der Waals surface area contributed by atoms with Crippen molar-refractivity contribution in [2.75, 3.05) is 13.7 Å². The molecule has 0 aliphatic rings. The number of rotatable bonds is 8. The first kappa shape index (κ1) is 15.2. The Morgan fingerprint density at radius 2 is 2.00 bits per heavy atom. The minimum Gasteiger partial charge on any atom is -0.376 e. The third-order valence-corrected chi connectivity index (χ3v) is 3.88. The van der Waals surface area contributed by atoms with Crippen LogP contribution < -0.4 is 5.32 Å². The molecule has 0 aliphatic carbocycles. The number of ether oxygens (including phenoxy) is 1. The van der Waals surface area contributed by atoms with Gasteiger partial charge in [0, 0.05) is 26.0 Å². The summed E-state index contributed by atoms with van der Waals surface area (Å²) in [5.74, 6) is 1.07. The van der Waals surface area contributed by atoms with Gasteiger partial charge in [-0.2, -0.15) is 0 Å². The largest absolute Gasteiger partial charge is 0.376 e. The van der Waals surface area contributed by atoms with Crippen LogP contribution in [0.4, 0.5) is 0 Å². The lowest BCUT2D eigenvalue weighted by molar-refractivity contribution is -0.0511. The number of methoxy groups -OCH3 is 1. The summed E-state index contributed by atoms with van der Waals surface area (Å²) >= 11 is 0. The average molecular weight is 253 g/mol. The number of aryl methyl sites for hydroxylation is 1. The Kier molecular flexibility index (Phi) is 5.82. The van der Waals surface area contributed by atoms with Crippen molar-refractivity contribution in [2.24, 2.45) is 0 Å². The second-order valence-corrected chi connectivity index (χ2v) is 4.54. The van der Waals surface area contributed by atoms with Gasteiger partial charge in [-0.05, 0) is 26.3 Å². The molecule has 0 bridgehead atoms. The Labute approximate surface area is 111 Å². The van der Waals surface area contributed by atoms with Gasteiger partial charge < -0.3 is 14.6 Å². The van der Waals surface area contributed by atoms with Crippen LogP contribution in [-0.2, 0) is 11.3 Å². The molecule has 1 heterocycles. The number of aromatic nitrogens is 2. The lowest BCUT2D eigenvalue weighted by atomic mass is 9.87. The normalized spacial score (nSPS) is 13.8. The molecule has 0 fully saturated rings. The van der Waals surface area contributed by atoms with Gasteiger partial charge in [0.1, 0.15) is 5.82 Å². The van der Waals surface area contributed by atoms with Gasteiger partial charge in [0.25, 0.3) is 0 Å². The molecular weight excluding hydrogens is 226 g/mol. The molecule has 1 atom stereocenters. The summed E-state index contributed by atoms with van der Waals surface area (Å²) in [6, 6.07) is 0.137. The van der Waals surface area contributed by atoms with E-state index in [9.17, 15) is 0 Å². The molecule has 0 aliphatic heterocycles. The van der Waals surface area contributed by atoms with E-state index in [-0.39, 0.29) is 11.6 Å². The molecule has 18 heavy (non-hydrogen) atoms. The number of nitrogens with one attached hydrogen (secondary N) is 1. The Balaban J connectivity index is 3.15.